The number of sulfonamides is 1. The maximum absolute atomic E-state index is 11.1. The first-order chi connectivity index (χ1) is 8.36. The van der Waals surface area contributed by atoms with E-state index in [0.717, 1.165) is 6.07 Å². The van der Waals surface area contributed by atoms with Crippen molar-refractivity contribution < 1.29 is 23.1 Å². The van der Waals surface area contributed by atoms with Gasteiger partial charge >= 0.3 is 5.97 Å². The van der Waals surface area contributed by atoms with Gasteiger partial charge in [0.05, 0.1) is 17.1 Å². The van der Waals surface area contributed by atoms with E-state index in [0.29, 0.717) is 17.3 Å². The number of carbonyl (C=O) groups is 1. The average molecular weight is 291 g/mol. The second kappa shape index (κ2) is 6.19. The van der Waals surface area contributed by atoms with Crippen LogP contribution in [0, 0.1) is 0 Å². The van der Waals surface area contributed by atoms with Crippen LogP contribution in [0.3, 0.4) is 0 Å². The van der Waals surface area contributed by atoms with Crippen LogP contribution in [-0.2, 0) is 14.8 Å². The molecule has 8 heteroatoms. The van der Waals surface area contributed by atoms with Crippen LogP contribution in [0.2, 0.25) is 0 Å². The van der Waals surface area contributed by atoms with Crippen molar-refractivity contribution in [3.63, 3.8) is 0 Å². The normalized spacial score (nSPS) is 11.4. The summed E-state index contributed by atoms with van der Waals surface area (Å²) in [5.41, 5.74) is -0.0809. The van der Waals surface area contributed by atoms with E-state index in [2.05, 4.69) is 0 Å². The SMILES string of the molecule is COCCSc1ccc(S(N)(=O)=O)cc1C(=O)O. The Labute approximate surface area is 109 Å². The fraction of sp³-hybridized carbons (Fsp3) is 0.300. The molecule has 0 aliphatic heterocycles. The van der Waals surface area contributed by atoms with Crippen molar-refractivity contribution in [3.05, 3.63) is 23.8 Å². The standard InChI is InChI=1S/C10H13NO5S2/c1-16-4-5-17-9-3-2-7(18(11,14)15)6-8(9)10(12)13/h2-3,6H,4-5H2,1H3,(H,12,13)(H2,11,14,15). The molecule has 0 amide bonds. The van der Waals surface area contributed by atoms with Gasteiger partial charge in [0.2, 0.25) is 10.0 Å². The minimum absolute atomic E-state index is 0.0809. The number of hydrogen-bond acceptors (Lipinski definition) is 5. The van der Waals surface area contributed by atoms with Crippen molar-refractivity contribution in [2.24, 2.45) is 5.14 Å². The molecule has 0 saturated heterocycles. The van der Waals surface area contributed by atoms with Gasteiger partial charge in [-0.25, -0.2) is 18.4 Å². The van der Waals surface area contributed by atoms with Crippen molar-refractivity contribution in [3.8, 4) is 0 Å². The first-order valence-electron chi connectivity index (χ1n) is 4.88. The van der Waals surface area contributed by atoms with Gasteiger partial charge in [-0.2, -0.15) is 0 Å². The molecular formula is C10H13NO5S2. The molecule has 0 atom stereocenters. The van der Waals surface area contributed by atoms with E-state index in [1.807, 2.05) is 0 Å². The average Bonchev–Trinajstić information content (AvgIpc) is 2.28. The van der Waals surface area contributed by atoms with Gasteiger partial charge in [0.15, 0.2) is 0 Å². The molecule has 0 aliphatic rings. The molecule has 0 radical (unpaired) electrons. The van der Waals surface area contributed by atoms with Gasteiger partial charge in [-0.1, -0.05) is 0 Å². The van der Waals surface area contributed by atoms with Crippen LogP contribution < -0.4 is 5.14 Å². The van der Waals surface area contributed by atoms with Crippen LogP contribution in [0.1, 0.15) is 10.4 Å². The fourth-order valence-electron chi connectivity index (χ4n) is 1.21. The molecule has 0 saturated carbocycles. The lowest BCUT2D eigenvalue weighted by atomic mass is 10.2. The van der Waals surface area contributed by atoms with E-state index in [1.54, 1.807) is 7.11 Å². The number of aromatic carboxylic acids is 1. The summed E-state index contributed by atoms with van der Waals surface area (Å²) in [5, 5.41) is 14.0. The summed E-state index contributed by atoms with van der Waals surface area (Å²) in [4.78, 5) is 11.3. The second-order valence-corrected chi connectivity index (χ2v) is 6.05. The zero-order valence-corrected chi connectivity index (χ0v) is 11.3. The van der Waals surface area contributed by atoms with E-state index in [9.17, 15) is 13.2 Å². The number of rotatable bonds is 6. The molecule has 0 heterocycles. The Bertz CT molecular complexity index is 541. The molecule has 0 fully saturated rings. The maximum atomic E-state index is 11.1. The van der Waals surface area contributed by atoms with Crippen LogP contribution >= 0.6 is 11.8 Å². The van der Waals surface area contributed by atoms with Crippen LogP contribution in [0.25, 0.3) is 0 Å². The van der Waals surface area contributed by atoms with Gasteiger partial charge in [-0.3, -0.25) is 0 Å². The first kappa shape index (κ1) is 15.0. The Morgan fingerprint density at radius 3 is 2.67 bits per heavy atom. The van der Waals surface area contributed by atoms with E-state index in [-0.39, 0.29) is 10.5 Å². The number of carboxylic acids is 1. The predicted octanol–water partition coefficient (Wildman–Crippen LogP) is 0.771. The zero-order chi connectivity index (χ0) is 13.8. The molecule has 1 rings (SSSR count). The molecule has 0 bridgehead atoms. The molecule has 6 nitrogen and oxygen atoms in total. The number of benzene rings is 1. The highest BCUT2D eigenvalue weighted by Crippen LogP contribution is 2.25. The van der Waals surface area contributed by atoms with Crippen molar-refractivity contribution in [1.29, 1.82) is 0 Å². The smallest absolute Gasteiger partial charge is 0.336 e. The largest absolute Gasteiger partial charge is 0.478 e. The van der Waals surface area contributed by atoms with Gasteiger partial charge in [0, 0.05) is 17.8 Å². The van der Waals surface area contributed by atoms with Gasteiger partial charge < -0.3 is 9.84 Å². The monoisotopic (exact) mass is 291 g/mol. The zero-order valence-electron chi connectivity index (χ0n) is 9.62. The van der Waals surface area contributed by atoms with E-state index in [4.69, 9.17) is 15.0 Å². The summed E-state index contributed by atoms with van der Waals surface area (Å²) < 4.78 is 27.1. The van der Waals surface area contributed by atoms with Gasteiger partial charge in [0.1, 0.15) is 0 Å². The quantitative estimate of drug-likeness (QED) is 0.592. The molecular weight excluding hydrogens is 278 g/mol. The highest BCUT2D eigenvalue weighted by atomic mass is 32.2. The van der Waals surface area contributed by atoms with Crippen LogP contribution in [0.4, 0.5) is 0 Å². The number of thioether (sulfide) groups is 1. The van der Waals surface area contributed by atoms with Gasteiger partial charge in [-0.05, 0) is 18.2 Å². The summed E-state index contributed by atoms with van der Waals surface area (Å²) in [7, 11) is -2.35. The number of ether oxygens (including phenoxy) is 1. The third kappa shape index (κ3) is 3.98. The van der Waals surface area contributed by atoms with Crippen molar-refractivity contribution >= 4 is 27.8 Å². The van der Waals surface area contributed by atoms with Crippen LogP contribution in [-0.4, -0.2) is 39.0 Å². The van der Waals surface area contributed by atoms with Crippen LogP contribution in [0.5, 0.6) is 0 Å². The van der Waals surface area contributed by atoms with Crippen molar-refractivity contribution in [1.82, 2.24) is 0 Å². The molecule has 1 aromatic carbocycles. The second-order valence-electron chi connectivity index (χ2n) is 3.35. The van der Waals surface area contributed by atoms with E-state index >= 15 is 0 Å². The molecule has 0 aromatic heterocycles. The summed E-state index contributed by atoms with van der Waals surface area (Å²) in [5.74, 6) is -0.619. The number of nitrogens with two attached hydrogens (primary N) is 1. The van der Waals surface area contributed by atoms with E-state index in [1.165, 1.54) is 23.9 Å². The molecule has 0 spiro atoms. The molecule has 100 valence electrons. The van der Waals surface area contributed by atoms with Gasteiger partial charge in [-0.15, -0.1) is 11.8 Å². The summed E-state index contributed by atoms with van der Waals surface area (Å²) in [6.07, 6.45) is 0. The molecule has 3 N–H and O–H groups in total. The number of hydrogen-bond donors (Lipinski definition) is 2. The Hall–Kier alpha value is -1.09. The highest BCUT2D eigenvalue weighted by Gasteiger charge is 2.16. The Morgan fingerprint density at radius 2 is 2.17 bits per heavy atom. The highest BCUT2D eigenvalue weighted by molar-refractivity contribution is 7.99. The predicted molar refractivity (Wildman–Crippen MR) is 67.4 cm³/mol. The van der Waals surface area contributed by atoms with Crippen molar-refractivity contribution in [2.45, 2.75) is 9.79 Å². The topological polar surface area (TPSA) is 107 Å². The minimum Gasteiger partial charge on any atom is -0.478 e. The molecule has 1 aromatic rings. The maximum Gasteiger partial charge on any atom is 0.336 e. The summed E-state index contributed by atoms with van der Waals surface area (Å²) >= 11 is 1.28. The Kier molecular flexibility index (Phi) is 5.15. The molecule has 18 heavy (non-hydrogen) atoms. The van der Waals surface area contributed by atoms with Crippen LogP contribution in [0.15, 0.2) is 28.0 Å². The fourth-order valence-corrected chi connectivity index (χ4v) is 2.69. The molecule has 0 unspecified atom stereocenters. The Morgan fingerprint density at radius 1 is 1.50 bits per heavy atom. The lowest BCUT2D eigenvalue weighted by molar-refractivity contribution is 0.0693. The summed E-state index contributed by atoms with van der Waals surface area (Å²) in [6.45, 7) is 0.473. The third-order valence-electron chi connectivity index (χ3n) is 2.05. The minimum atomic E-state index is -3.90. The number of methoxy groups -OCH3 is 1. The summed E-state index contributed by atoms with van der Waals surface area (Å²) in [6, 6.07) is 3.78. The number of carboxylic acid groups (broad SMARTS) is 1. The van der Waals surface area contributed by atoms with Crippen molar-refractivity contribution in [2.75, 3.05) is 19.5 Å². The third-order valence-corrected chi connectivity index (χ3v) is 4.00. The number of primary sulfonamides is 1. The first-order valence-corrected chi connectivity index (χ1v) is 7.41. The van der Waals surface area contributed by atoms with E-state index < -0.39 is 16.0 Å². The lowest BCUT2D eigenvalue weighted by Gasteiger charge is -2.07. The molecule has 0 aliphatic carbocycles. The lowest BCUT2D eigenvalue weighted by Crippen LogP contribution is -2.13. The van der Waals surface area contributed by atoms with Gasteiger partial charge in [0.25, 0.3) is 0 Å². The Balaban J connectivity index is 3.09.